The minimum atomic E-state index is -0.341. The number of rotatable bonds is 1. The number of esters is 1. The lowest BCUT2D eigenvalue weighted by atomic mass is 9.90. The van der Waals surface area contributed by atoms with Gasteiger partial charge in [-0.25, -0.2) is 4.39 Å². The minimum absolute atomic E-state index is 0.292. The molecule has 4 heteroatoms. The zero-order valence-electron chi connectivity index (χ0n) is 9.37. The summed E-state index contributed by atoms with van der Waals surface area (Å²) in [5, 5.41) is 0. The molecule has 1 aliphatic heterocycles. The Bertz CT molecular complexity index is 419. The van der Waals surface area contributed by atoms with Crippen molar-refractivity contribution in [1.29, 1.82) is 0 Å². The van der Waals surface area contributed by atoms with E-state index >= 15 is 0 Å². The molecular weight excluding hydrogens is 209 g/mol. The number of halogens is 1. The van der Waals surface area contributed by atoms with Gasteiger partial charge in [0.2, 0.25) is 0 Å². The maximum Gasteiger partial charge on any atom is 0.313 e. The van der Waals surface area contributed by atoms with Crippen LogP contribution >= 0.6 is 0 Å². The largest absolute Gasteiger partial charge is 0.469 e. The summed E-state index contributed by atoms with van der Waals surface area (Å²) in [6.45, 7) is 0.776. The Morgan fingerprint density at radius 1 is 1.56 bits per heavy atom. The molecule has 0 spiro atoms. The number of methoxy groups -OCH3 is 1. The van der Waals surface area contributed by atoms with Crippen molar-refractivity contribution in [1.82, 2.24) is 0 Å². The average Bonchev–Trinajstić information content (AvgIpc) is 2.28. The lowest BCUT2D eigenvalue weighted by Crippen LogP contribution is -2.31. The van der Waals surface area contributed by atoms with Crippen molar-refractivity contribution in [2.75, 3.05) is 25.6 Å². The molecule has 86 valence electrons. The Hall–Kier alpha value is -1.58. The molecule has 1 aliphatic rings. The summed E-state index contributed by atoms with van der Waals surface area (Å²) in [7, 11) is 3.30. The summed E-state index contributed by atoms with van der Waals surface area (Å²) < 4.78 is 17.9. The number of ether oxygens (including phenoxy) is 1. The highest BCUT2D eigenvalue weighted by Crippen LogP contribution is 2.35. The van der Waals surface area contributed by atoms with E-state index in [1.165, 1.54) is 19.2 Å². The number of anilines is 1. The van der Waals surface area contributed by atoms with Gasteiger partial charge in [0.15, 0.2) is 0 Å². The van der Waals surface area contributed by atoms with Gasteiger partial charge in [0.1, 0.15) is 5.82 Å². The van der Waals surface area contributed by atoms with Crippen LogP contribution in [0.15, 0.2) is 18.2 Å². The lowest BCUT2D eigenvalue weighted by Gasteiger charge is -2.31. The van der Waals surface area contributed by atoms with Crippen molar-refractivity contribution >= 4 is 11.7 Å². The number of carbonyl (C=O) groups is 1. The molecule has 1 unspecified atom stereocenters. The fourth-order valence-corrected chi connectivity index (χ4v) is 2.14. The van der Waals surface area contributed by atoms with E-state index in [1.54, 1.807) is 6.07 Å². The number of nitrogens with zero attached hydrogens (tertiary/aromatic N) is 1. The van der Waals surface area contributed by atoms with E-state index in [2.05, 4.69) is 0 Å². The van der Waals surface area contributed by atoms with Crippen LogP contribution in [0.4, 0.5) is 10.1 Å². The second-order valence-electron chi connectivity index (χ2n) is 3.99. The second kappa shape index (κ2) is 4.12. The quantitative estimate of drug-likeness (QED) is 0.681. The van der Waals surface area contributed by atoms with Gasteiger partial charge < -0.3 is 9.64 Å². The van der Waals surface area contributed by atoms with Crippen molar-refractivity contribution in [3.63, 3.8) is 0 Å². The van der Waals surface area contributed by atoms with Crippen molar-refractivity contribution < 1.29 is 13.9 Å². The monoisotopic (exact) mass is 223 g/mol. The van der Waals surface area contributed by atoms with Gasteiger partial charge in [-0.2, -0.15) is 0 Å². The van der Waals surface area contributed by atoms with Crippen LogP contribution in [0.25, 0.3) is 0 Å². The van der Waals surface area contributed by atoms with Gasteiger partial charge in [0.25, 0.3) is 0 Å². The smallest absolute Gasteiger partial charge is 0.313 e. The Balaban J connectivity index is 2.45. The molecule has 1 aromatic rings. The first kappa shape index (κ1) is 10.9. The summed E-state index contributed by atoms with van der Waals surface area (Å²) in [6.07, 6.45) is 0.666. The third-order valence-corrected chi connectivity index (χ3v) is 3.02. The number of carbonyl (C=O) groups excluding carboxylic acids is 1. The summed E-state index contributed by atoms with van der Waals surface area (Å²) in [4.78, 5) is 13.6. The van der Waals surface area contributed by atoms with E-state index in [4.69, 9.17) is 4.74 Å². The Labute approximate surface area is 93.8 Å². The molecule has 2 rings (SSSR count). The molecule has 0 amide bonds. The number of hydrogen-bond donors (Lipinski definition) is 0. The van der Waals surface area contributed by atoms with Crippen LogP contribution < -0.4 is 4.90 Å². The molecular formula is C12H14FNO2. The van der Waals surface area contributed by atoms with E-state index in [-0.39, 0.29) is 17.7 Å². The van der Waals surface area contributed by atoms with Crippen LogP contribution in [0.3, 0.4) is 0 Å². The molecule has 16 heavy (non-hydrogen) atoms. The first-order chi connectivity index (χ1) is 7.63. The number of hydrogen-bond acceptors (Lipinski definition) is 3. The van der Waals surface area contributed by atoms with E-state index < -0.39 is 0 Å². The van der Waals surface area contributed by atoms with Gasteiger partial charge in [-0.3, -0.25) is 4.79 Å². The van der Waals surface area contributed by atoms with Crippen LogP contribution in [-0.2, 0) is 9.53 Å². The van der Waals surface area contributed by atoms with Crippen molar-refractivity contribution in [3.05, 3.63) is 29.6 Å². The fraction of sp³-hybridized carbons (Fsp3) is 0.417. The Morgan fingerprint density at radius 3 is 3.00 bits per heavy atom. The van der Waals surface area contributed by atoms with Gasteiger partial charge in [-0.1, -0.05) is 0 Å². The van der Waals surface area contributed by atoms with Crippen LogP contribution in [0.5, 0.6) is 0 Å². The van der Waals surface area contributed by atoms with Crippen LogP contribution in [0.2, 0.25) is 0 Å². The molecule has 1 aromatic carbocycles. The van der Waals surface area contributed by atoms with Crippen molar-refractivity contribution in [2.24, 2.45) is 0 Å². The fourth-order valence-electron chi connectivity index (χ4n) is 2.14. The normalized spacial score (nSPS) is 19.2. The minimum Gasteiger partial charge on any atom is -0.469 e. The SMILES string of the molecule is COC(=O)C1CCN(C)c2ccc(F)cc21. The molecule has 0 radical (unpaired) electrons. The van der Waals surface area contributed by atoms with E-state index in [9.17, 15) is 9.18 Å². The number of fused-ring (bicyclic) bond motifs is 1. The lowest BCUT2D eigenvalue weighted by molar-refractivity contribution is -0.142. The summed E-state index contributed by atoms with van der Waals surface area (Å²) >= 11 is 0. The third kappa shape index (κ3) is 1.75. The highest BCUT2D eigenvalue weighted by Gasteiger charge is 2.29. The standard InChI is InChI=1S/C12H14FNO2/c1-14-6-5-9(12(15)16-2)10-7-8(13)3-4-11(10)14/h3-4,7,9H,5-6H2,1-2H3. The molecule has 1 atom stereocenters. The molecule has 0 saturated carbocycles. The second-order valence-corrected chi connectivity index (χ2v) is 3.99. The van der Waals surface area contributed by atoms with Gasteiger partial charge in [0, 0.05) is 19.3 Å². The van der Waals surface area contributed by atoms with Crippen LogP contribution in [0, 0.1) is 5.82 Å². The van der Waals surface area contributed by atoms with Gasteiger partial charge in [-0.15, -0.1) is 0 Å². The van der Waals surface area contributed by atoms with E-state index in [1.807, 2.05) is 11.9 Å². The highest BCUT2D eigenvalue weighted by atomic mass is 19.1. The topological polar surface area (TPSA) is 29.5 Å². The first-order valence-electron chi connectivity index (χ1n) is 5.22. The van der Waals surface area contributed by atoms with Gasteiger partial charge in [-0.05, 0) is 30.2 Å². The molecule has 1 heterocycles. The summed E-state index contributed by atoms with van der Waals surface area (Å²) in [5.41, 5.74) is 1.63. The number of benzene rings is 1. The molecule has 3 nitrogen and oxygen atoms in total. The summed E-state index contributed by atoms with van der Waals surface area (Å²) in [5.74, 6) is -0.949. The maximum atomic E-state index is 13.2. The van der Waals surface area contributed by atoms with Gasteiger partial charge in [0.05, 0.1) is 13.0 Å². The highest BCUT2D eigenvalue weighted by molar-refractivity contribution is 5.81. The Morgan fingerprint density at radius 2 is 2.31 bits per heavy atom. The molecule has 0 fully saturated rings. The average molecular weight is 223 g/mol. The van der Waals surface area contributed by atoms with Crippen molar-refractivity contribution in [2.45, 2.75) is 12.3 Å². The molecule has 0 N–H and O–H groups in total. The predicted octanol–water partition coefficient (Wildman–Crippen LogP) is 1.92. The van der Waals surface area contributed by atoms with Gasteiger partial charge >= 0.3 is 5.97 Å². The third-order valence-electron chi connectivity index (χ3n) is 3.02. The van der Waals surface area contributed by atoms with E-state index in [0.717, 1.165) is 17.8 Å². The Kier molecular flexibility index (Phi) is 2.81. The van der Waals surface area contributed by atoms with E-state index in [0.29, 0.717) is 6.42 Å². The first-order valence-corrected chi connectivity index (χ1v) is 5.22. The molecule has 0 bridgehead atoms. The predicted molar refractivity (Wildman–Crippen MR) is 59.0 cm³/mol. The zero-order valence-corrected chi connectivity index (χ0v) is 9.37. The molecule has 0 aliphatic carbocycles. The van der Waals surface area contributed by atoms with Crippen molar-refractivity contribution in [3.8, 4) is 0 Å². The summed E-state index contributed by atoms with van der Waals surface area (Å²) in [6, 6.07) is 4.54. The zero-order chi connectivity index (χ0) is 11.7. The molecule has 0 saturated heterocycles. The molecule has 0 aromatic heterocycles. The van der Waals surface area contributed by atoms with Crippen LogP contribution in [-0.4, -0.2) is 26.7 Å². The van der Waals surface area contributed by atoms with Crippen LogP contribution in [0.1, 0.15) is 17.9 Å². The maximum absolute atomic E-state index is 13.2.